The number of nitrogens with zero attached hydrogens (tertiary/aromatic N) is 2. The SMILES string of the molecule is COc1ccc(C)cc1NC(=O)c1cnn(C)c1C(=O)O. The molecule has 1 aromatic carbocycles. The van der Waals surface area contributed by atoms with E-state index in [2.05, 4.69) is 10.4 Å². The van der Waals surface area contributed by atoms with Gasteiger partial charge in [-0.1, -0.05) is 6.07 Å². The summed E-state index contributed by atoms with van der Waals surface area (Å²) in [4.78, 5) is 23.4. The molecule has 2 aromatic rings. The third-order valence-electron chi connectivity index (χ3n) is 2.99. The van der Waals surface area contributed by atoms with Crippen molar-refractivity contribution in [2.24, 2.45) is 7.05 Å². The Kier molecular flexibility index (Phi) is 3.93. The Morgan fingerprint density at radius 1 is 1.38 bits per heavy atom. The Morgan fingerprint density at radius 2 is 2.10 bits per heavy atom. The lowest BCUT2D eigenvalue weighted by molar-refractivity contribution is 0.0680. The Hall–Kier alpha value is -2.83. The van der Waals surface area contributed by atoms with Crippen LogP contribution >= 0.6 is 0 Å². The highest BCUT2D eigenvalue weighted by molar-refractivity contribution is 6.10. The van der Waals surface area contributed by atoms with E-state index in [1.807, 2.05) is 13.0 Å². The Morgan fingerprint density at radius 3 is 2.71 bits per heavy atom. The van der Waals surface area contributed by atoms with E-state index in [1.165, 1.54) is 20.4 Å². The van der Waals surface area contributed by atoms with Gasteiger partial charge < -0.3 is 15.2 Å². The van der Waals surface area contributed by atoms with E-state index in [1.54, 1.807) is 12.1 Å². The number of hydrogen-bond donors (Lipinski definition) is 2. The number of nitrogens with one attached hydrogen (secondary N) is 1. The molecule has 0 aliphatic rings. The van der Waals surface area contributed by atoms with E-state index >= 15 is 0 Å². The van der Waals surface area contributed by atoms with Crippen LogP contribution in [-0.4, -0.2) is 33.9 Å². The zero-order chi connectivity index (χ0) is 15.6. The molecule has 0 unspecified atom stereocenters. The molecule has 110 valence electrons. The largest absolute Gasteiger partial charge is 0.495 e. The number of aromatic nitrogens is 2. The summed E-state index contributed by atoms with van der Waals surface area (Å²) in [5.41, 5.74) is 1.24. The number of carboxylic acid groups (broad SMARTS) is 1. The van der Waals surface area contributed by atoms with Crippen molar-refractivity contribution in [2.45, 2.75) is 6.92 Å². The van der Waals surface area contributed by atoms with E-state index in [0.29, 0.717) is 11.4 Å². The normalized spacial score (nSPS) is 10.2. The number of amides is 1. The van der Waals surface area contributed by atoms with Crippen LogP contribution in [0.5, 0.6) is 5.75 Å². The van der Waals surface area contributed by atoms with Crippen molar-refractivity contribution in [1.29, 1.82) is 0 Å². The summed E-state index contributed by atoms with van der Waals surface area (Å²) < 4.78 is 6.31. The van der Waals surface area contributed by atoms with Crippen LogP contribution in [0.2, 0.25) is 0 Å². The number of ether oxygens (including phenoxy) is 1. The second kappa shape index (κ2) is 5.66. The van der Waals surface area contributed by atoms with Gasteiger partial charge in [-0.2, -0.15) is 5.10 Å². The van der Waals surface area contributed by atoms with E-state index < -0.39 is 11.9 Å². The number of aromatic carboxylic acids is 1. The molecular formula is C14H15N3O4. The van der Waals surface area contributed by atoms with Gasteiger partial charge in [-0.05, 0) is 24.6 Å². The smallest absolute Gasteiger partial charge is 0.354 e. The predicted octanol–water partition coefficient (Wildman–Crippen LogP) is 1.69. The average Bonchev–Trinajstić information content (AvgIpc) is 2.81. The van der Waals surface area contributed by atoms with Crippen molar-refractivity contribution in [3.05, 3.63) is 41.2 Å². The van der Waals surface area contributed by atoms with Gasteiger partial charge in [-0.25, -0.2) is 4.79 Å². The fourth-order valence-corrected chi connectivity index (χ4v) is 1.97. The highest BCUT2D eigenvalue weighted by Gasteiger charge is 2.22. The minimum absolute atomic E-state index is 0.00596. The monoisotopic (exact) mass is 289 g/mol. The summed E-state index contributed by atoms with van der Waals surface area (Å²) >= 11 is 0. The predicted molar refractivity (Wildman–Crippen MR) is 75.9 cm³/mol. The molecule has 0 saturated heterocycles. The molecule has 1 aromatic heterocycles. The number of carbonyl (C=O) groups is 2. The molecule has 1 heterocycles. The van der Waals surface area contributed by atoms with Gasteiger partial charge in [0.05, 0.1) is 24.6 Å². The Balaban J connectivity index is 2.35. The van der Waals surface area contributed by atoms with Crippen LogP contribution in [0.4, 0.5) is 5.69 Å². The number of carboxylic acids is 1. The van der Waals surface area contributed by atoms with Gasteiger partial charge >= 0.3 is 5.97 Å². The van der Waals surface area contributed by atoms with Crippen molar-refractivity contribution in [1.82, 2.24) is 9.78 Å². The number of hydrogen-bond acceptors (Lipinski definition) is 4. The molecule has 21 heavy (non-hydrogen) atoms. The van der Waals surface area contributed by atoms with E-state index in [4.69, 9.17) is 9.84 Å². The topological polar surface area (TPSA) is 93.5 Å². The first-order chi connectivity index (χ1) is 9.93. The minimum Gasteiger partial charge on any atom is -0.495 e. The van der Waals surface area contributed by atoms with E-state index in [9.17, 15) is 9.59 Å². The number of carbonyl (C=O) groups excluding carboxylic acids is 1. The second-order valence-electron chi connectivity index (χ2n) is 4.49. The first-order valence-electron chi connectivity index (χ1n) is 6.15. The van der Waals surface area contributed by atoms with Crippen LogP contribution in [0.3, 0.4) is 0 Å². The fourth-order valence-electron chi connectivity index (χ4n) is 1.97. The van der Waals surface area contributed by atoms with Crippen LogP contribution in [-0.2, 0) is 7.05 Å². The van der Waals surface area contributed by atoms with Crippen molar-refractivity contribution in [3.63, 3.8) is 0 Å². The van der Waals surface area contributed by atoms with Crippen LogP contribution in [0.15, 0.2) is 24.4 Å². The Bertz CT molecular complexity index is 706. The summed E-state index contributed by atoms with van der Waals surface area (Å²) in [7, 11) is 2.96. The van der Waals surface area contributed by atoms with Gasteiger partial charge in [0, 0.05) is 7.05 Å². The molecule has 0 aliphatic carbocycles. The fraction of sp³-hybridized carbons (Fsp3) is 0.214. The molecule has 0 aliphatic heterocycles. The zero-order valence-electron chi connectivity index (χ0n) is 11.9. The highest BCUT2D eigenvalue weighted by Crippen LogP contribution is 2.26. The molecule has 7 heteroatoms. The molecule has 0 bridgehead atoms. The lowest BCUT2D eigenvalue weighted by atomic mass is 10.2. The van der Waals surface area contributed by atoms with Gasteiger partial charge in [0.15, 0.2) is 5.69 Å². The van der Waals surface area contributed by atoms with E-state index in [0.717, 1.165) is 10.2 Å². The maximum atomic E-state index is 12.2. The summed E-state index contributed by atoms with van der Waals surface area (Å²) in [5, 5.41) is 15.6. The number of rotatable bonds is 4. The van der Waals surface area contributed by atoms with Crippen LogP contribution in [0, 0.1) is 6.92 Å². The Labute approximate surface area is 121 Å². The third kappa shape index (κ3) is 2.86. The number of methoxy groups -OCH3 is 1. The van der Waals surface area contributed by atoms with Crippen molar-refractivity contribution in [3.8, 4) is 5.75 Å². The molecule has 2 N–H and O–H groups in total. The average molecular weight is 289 g/mol. The summed E-state index contributed by atoms with van der Waals surface area (Å²) in [6.45, 7) is 1.88. The maximum absolute atomic E-state index is 12.2. The molecule has 1 amide bonds. The van der Waals surface area contributed by atoms with Gasteiger partial charge in [0.25, 0.3) is 5.91 Å². The van der Waals surface area contributed by atoms with Gasteiger partial charge in [0.1, 0.15) is 5.75 Å². The van der Waals surface area contributed by atoms with Gasteiger partial charge in [-0.3, -0.25) is 9.48 Å². The van der Waals surface area contributed by atoms with Gasteiger partial charge in [-0.15, -0.1) is 0 Å². The standard InChI is InChI=1S/C14H15N3O4/c1-8-4-5-11(21-3)10(6-8)16-13(18)9-7-15-17(2)12(9)14(19)20/h4-7H,1-3H3,(H,16,18)(H,19,20). The molecule has 7 nitrogen and oxygen atoms in total. The molecule has 2 rings (SSSR count). The molecular weight excluding hydrogens is 274 g/mol. The number of aryl methyl sites for hydroxylation is 2. The summed E-state index contributed by atoms with van der Waals surface area (Å²) in [6.07, 6.45) is 1.22. The molecule has 0 fully saturated rings. The molecule has 0 spiro atoms. The second-order valence-corrected chi connectivity index (χ2v) is 4.49. The van der Waals surface area contributed by atoms with Crippen molar-refractivity contribution >= 4 is 17.6 Å². The third-order valence-corrected chi connectivity index (χ3v) is 2.99. The summed E-state index contributed by atoms with van der Waals surface area (Å²) in [5.74, 6) is -1.27. The number of benzene rings is 1. The maximum Gasteiger partial charge on any atom is 0.354 e. The minimum atomic E-state index is -1.21. The lowest BCUT2D eigenvalue weighted by Crippen LogP contribution is -2.17. The highest BCUT2D eigenvalue weighted by atomic mass is 16.5. The van der Waals surface area contributed by atoms with E-state index in [-0.39, 0.29) is 11.3 Å². The molecule has 0 saturated carbocycles. The molecule has 0 atom stereocenters. The summed E-state index contributed by atoms with van der Waals surface area (Å²) in [6, 6.07) is 5.32. The van der Waals surface area contributed by atoms with Crippen molar-refractivity contribution in [2.75, 3.05) is 12.4 Å². The van der Waals surface area contributed by atoms with Crippen LogP contribution in [0.25, 0.3) is 0 Å². The van der Waals surface area contributed by atoms with Crippen LogP contribution in [0.1, 0.15) is 26.4 Å². The first kappa shape index (κ1) is 14.6. The molecule has 0 radical (unpaired) electrons. The van der Waals surface area contributed by atoms with Gasteiger partial charge in [0.2, 0.25) is 0 Å². The zero-order valence-corrected chi connectivity index (χ0v) is 11.9. The quantitative estimate of drug-likeness (QED) is 0.893. The van der Waals surface area contributed by atoms with Crippen LogP contribution < -0.4 is 10.1 Å². The lowest BCUT2D eigenvalue weighted by Gasteiger charge is -2.10. The van der Waals surface area contributed by atoms with Crippen molar-refractivity contribution < 1.29 is 19.4 Å². The first-order valence-corrected chi connectivity index (χ1v) is 6.15. The number of anilines is 1.